The summed E-state index contributed by atoms with van der Waals surface area (Å²) in [6.45, 7) is 5.39. The average Bonchev–Trinajstić information content (AvgIpc) is 2.38. The normalized spacial score (nSPS) is 10.2. The number of benzene rings is 1. The predicted octanol–water partition coefficient (Wildman–Crippen LogP) is 2.27. The molecule has 1 aromatic rings. The SMILES string of the molecule is CCN(CC)C(=O)CSc1ccc(CC(=O)O)cc1. The van der Waals surface area contributed by atoms with Crippen molar-refractivity contribution in [1.29, 1.82) is 0 Å². The van der Waals surface area contributed by atoms with Gasteiger partial charge in [-0.3, -0.25) is 9.59 Å². The summed E-state index contributed by atoms with van der Waals surface area (Å²) in [5, 5.41) is 8.67. The zero-order valence-corrected chi connectivity index (χ0v) is 12.1. The highest BCUT2D eigenvalue weighted by molar-refractivity contribution is 8.00. The molecule has 0 saturated carbocycles. The molecule has 0 aliphatic rings. The minimum absolute atomic E-state index is 0.0311. The van der Waals surface area contributed by atoms with E-state index in [1.54, 1.807) is 17.0 Å². The van der Waals surface area contributed by atoms with Gasteiger partial charge in [-0.1, -0.05) is 12.1 Å². The highest BCUT2D eigenvalue weighted by Crippen LogP contribution is 2.19. The molecule has 1 aromatic carbocycles. The molecule has 0 aromatic heterocycles. The number of carboxylic acids is 1. The highest BCUT2D eigenvalue weighted by atomic mass is 32.2. The number of amides is 1. The average molecular weight is 281 g/mol. The van der Waals surface area contributed by atoms with E-state index < -0.39 is 5.97 Å². The fourth-order valence-electron chi connectivity index (χ4n) is 1.69. The lowest BCUT2D eigenvalue weighted by Crippen LogP contribution is -2.31. The van der Waals surface area contributed by atoms with Crippen LogP contribution in [0.5, 0.6) is 0 Å². The number of nitrogens with zero attached hydrogens (tertiary/aromatic N) is 1. The number of carbonyl (C=O) groups is 2. The number of hydrogen-bond donors (Lipinski definition) is 1. The van der Waals surface area contributed by atoms with Crippen molar-refractivity contribution in [3.63, 3.8) is 0 Å². The lowest BCUT2D eigenvalue weighted by molar-refractivity contribution is -0.136. The van der Waals surface area contributed by atoms with Gasteiger partial charge in [0.15, 0.2) is 0 Å². The van der Waals surface area contributed by atoms with Gasteiger partial charge in [0.05, 0.1) is 12.2 Å². The number of carbonyl (C=O) groups excluding carboxylic acids is 1. The zero-order chi connectivity index (χ0) is 14.3. The van der Waals surface area contributed by atoms with Crippen LogP contribution in [-0.4, -0.2) is 40.7 Å². The quantitative estimate of drug-likeness (QED) is 0.779. The molecular formula is C14H19NO3S. The van der Waals surface area contributed by atoms with Crippen LogP contribution in [0.3, 0.4) is 0 Å². The summed E-state index contributed by atoms with van der Waals surface area (Å²) in [4.78, 5) is 25.2. The van der Waals surface area contributed by atoms with Gasteiger partial charge in [0, 0.05) is 18.0 Å². The molecule has 4 nitrogen and oxygen atoms in total. The molecule has 1 amide bonds. The first-order valence-electron chi connectivity index (χ1n) is 6.28. The fourth-order valence-corrected chi connectivity index (χ4v) is 2.49. The standard InChI is InChI=1S/C14H19NO3S/c1-3-15(4-2)13(16)10-19-12-7-5-11(6-8-12)9-14(17)18/h5-8H,3-4,9-10H2,1-2H3,(H,17,18). The Morgan fingerprint density at radius 3 is 2.21 bits per heavy atom. The van der Waals surface area contributed by atoms with Gasteiger partial charge in [0.2, 0.25) is 5.91 Å². The molecule has 1 rings (SSSR count). The molecule has 1 N–H and O–H groups in total. The molecule has 0 spiro atoms. The van der Waals surface area contributed by atoms with Crippen molar-refractivity contribution in [3.8, 4) is 0 Å². The van der Waals surface area contributed by atoms with Crippen LogP contribution < -0.4 is 0 Å². The summed E-state index contributed by atoms with van der Waals surface area (Å²) in [5.74, 6) is -0.290. The Balaban J connectivity index is 2.50. The van der Waals surface area contributed by atoms with Crippen LogP contribution in [0.2, 0.25) is 0 Å². The first kappa shape index (κ1) is 15.6. The molecule has 0 bridgehead atoms. The van der Waals surface area contributed by atoms with E-state index in [1.165, 1.54) is 11.8 Å². The second kappa shape index (κ2) is 7.84. The molecule has 5 heteroatoms. The minimum Gasteiger partial charge on any atom is -0.481 e. The van der Waals surface area contributed by atoms with Crippen molar-refractivity contribution in [3.05, 3.63) is 29.8 Å². The Kier molecular flexibility index (Phi) is 6.42. The van der Waals surface area contributed by atoms with E-state index in [-0.39, 0.29) is 12.3 Å². The molecule has 0 unspecified atom stereocenters. The van der Waals surface area contributed by atoms with E-state index in [2.05, 4.69) is 0 Å². The topological polar surface area (TPSA) is 57.6 Å². The van der Waals surface area contributed by atoms with Gasteiger partial charge in [-0.15, -0.1) is 11.8 Å². The van der Waals surface area contributed by atoms with E-state index in [1.807, 2.05) is 26.0 Å². The molecule has 104 valence electrons. The van der Waals surface area contributed by atoms with Crippen molar-refractivity contribution in [2.24, 2.45) is 0 Å². The smallest absolute Gasteiger partial charge is 0.307 e. The summed E-state index contributed by atoms with van der Waals surface area (Å²) < 4.78 is 0. The van der Waals surface area contributed by atoms with E-state index in [4.69, 9.17) is 5.11 Å². The fraction of sp³-hybridized carbons (Fsp3) is 0.429. The number of hydrogen-bond acceptors (Lipinski definition) is 3. The van der Waals surface area contributed by atoms with Crippen molar-refractivity contribution >= 4 is 23.6 Å². The molecule has 0 radical (unpaired) electrons. The van der Waals surface area contributed by atoms with Gasteiger partial charge >= 0.3 is 5.97 Å². The van der Waals surface area contributed by atoms with Gasteiger partial charge in [-0.25, -0.2) is 0 Å². The maximum absolute atomic E-state index is 11.8. The summed E-state index contributed by atoms with van der Waals surface area (Å²) in [6.07, 6.45) is 0.0311. The lowest BCUT2D eigenvalue weighted by atomic mass is 10.2. The van der Waals surface area contributed by atoms with Crippen molar-refractivity contribution in [2.75, 3.05) is 18.8 Å². The molecule has 0 heterocycles. The molecule has 19 heavy (non-hydrogen) atoms. The van der Waals surface area contributed by atoms with Crippen molar-refractivity contribution in [1.82, 2.24) is 4.90 Å². The summed E-state index contributed by atoms with van der Waals surface area (Å²) >= 11 is 1.48. The Labute approximate surface area is 117 Å². The summed E-state index contributed by atoms with van der Waals surface area (Å²) in [5.41, 5.74) is 0.770. The number of carboxylic acid groups (broad SMARTS) is 1. The third-order valence-corrected chi connectivity index (χ3v) is 3.75. The molecular weight excluding hydrogens is 262 g/mol. The van der Waals surface area contributed by atoms with Gasteiger partial charge < -0.3 is 10.0 Å². The maximum atomic E-state index is 11.8. The third-order valence-electron chi connectivity index (χ3n) is 2.76. The van der Waals surface area contributed by atoms with Gasteiger partial charge in [0.1, 0.15) is 0 Å². The summed E-state index contributed by atoms with van der Waals surface area (Å²) in [6, 6.07) is 7.30. The van der Waals surface area contributed by atoms with Gasteiger partial charge in [-0.2, -0.15) is 0 Å². The largest absolute Gasteiger partial charge is 0.481 e. The molecule has 0 saturated heterocycles. The molecule has 0 atom stereocenters. The number of rotatable bonds is 7. The first-order chi connectivity index (χ1) is 9.06. The Morgan fingerprint density at radius 1 is 1.16 bits per heavy atom. The van der Waals surface area contributed by atoms with Crippen LogP contribution in [0, 0.1) is 0 Å². The maximum Gasteiger partial charge on any atom is 0.307 e. The second-order valence-electron chi connectivity index (χ2n) is 4.07. The Hall–Kier alpha value is -1.49. The monoisotopic (exact) mass is 281 g/mol. The van der Waals surface area contributed by atoms with Gasteiger partial charge in [-0.05, 0) is 31.5 Å². The minimum atomic E-state index is -0.836. The van der Waals surface area contributed by atoms with Crippen LogP contribution in [0.15, 0.2) is 29.2 Å². The van der Waals surface area contributed by atoms with Crippen LogP contribution in [-0.2, 0) is 16.0 Å². The van der Waals surface area contributed by atoms with Crippen LogP contribution in [0.4, 0.5) is 0 Å². The Bertz CT molecular complexity index is 427. The van der Waals surface area contributed by atoms with Gasteiger partial charge in [0.25, 0.3) is 0 Å². The first-order valence-corrected chi connectivity index (χ1v) is 7.26. The number of thioether (sulfide) groups is 1. The molecule has 0 fully saturated rings. The molecule has 0 aliphatic heterocycles. The number of aliphatic carboxylic acids is 1. The van der Waals surface area contributed by atoms with Crippen LogP contribution >= 0.6 is 11.8 Å². The van der Waals surface area contributed by atoms with Crippen molar-refractivity contribution < 1.29 is 14.7 Å². The van der Waals surface area contributed by atoms with E-state index in [9.17, 15) is 9.59 Å². The second-order valence-corrected chi connectivity index (χ2v) is 5.12. The highest BCUT2D eigenvalue weighted by Gasteiger charge is 2.09. The van der Waals surface area contributed by atoms with E-state index >= 15 is 0 Å². The zero-order valence-electron chi connectivity index (χ0n) is 11.3. The predicted molar refractivity (Wildman–Crippen MR) is 76.4 cm³/mol. The van der Waals surface area contributed by atoms with E-state index in [0.717, 1.165) is 23.5 Å². The lowest BCUT2D eigenvalue weighted by Gasteiger charge is -2.18. The van der Waals surface area contributed by atoms with Crippen LogP contribution in [0.25, 0.3) is 0 Å². The van der Waals surface area contributed by atoms with Crippen LogP contribution in [0.1, 0.15) is 19.4 Å². The Morgan fingerprint density at radius 2 is 1.74 bits per heavy atom. The van der Waals surface area contributed by atoms with E-state index in [0.29, 0.717) is 5.75 Å². The van der Waals surface area contributed by atoms with Crippen molar-refractivity contribution in [2.45, 2.75) is 25.2 Å². The molecule has 0 aliphatic carbocycles. The third kappa shape index (κ3) is 5.34. The summed E-state index contributed by atoms with van der Waals surface area (Å²) in [7, 11) is 0.